The lowest BCUT2D eigenvalue weighted by Crippen LogP contribution is -2.31. The third-order valence-electron chi connectivity index (χ3n) is 3.43. The van der Waals surface area contributed by atoms with Crippen LogP contribution in [0.1, 0.15) is 31.7 Å². The van der Waals surface area contributed by atoms with E-state index in [1.54, 1.807) is 6.92 Å². The Hall–Kier alpha value is -1.23. The van der Waals surface area contributed by atoms with E-state index in [0.29, 0.717) is 6.42 Å². The maximum Gasteiger partial charge on any atom is 0.211 e. The van der Waals surface area contributed by atoms with Crippen molar-refractivity contribution in [2.75, 3.05) is 6.54 Å². The number of nitrogens with zero attached hydrogens (tertiary/aromatic N) is 1. The highest BCUT2D eigenvalue weighted by molar-refractivity contribution is 9.10. The summed E-state index contributed by atoms with van der Waals surface area (Å²) in [5.74, 6) is -0.400. The Kier molecular flexibility index (Phi) is 5.02. The van der Waals surface area contributed by atoms with Crippen molar-refractivity contribution in [3.8, 4) is 0 Å². The van der Waals surface area contributed by atoms with Gasteiger partial charge in [-0.1, -0.05) is 41.9 Å². The van der Waals surface area contributed by atoms with E-state index in [4.69, 9.17) is 0 Å². The summed E-state index contributed by atoms with van der Waals surface area (Å²) in [7, 11) is 0. The SMILES string of the molecule is CC[C@@](C)(C=O)[C@H](C[N+](=O)[O-])c1ccc(Br)cc1. The molecule has 18 heavy (non-hydrogen) atoms. The monoisotopic (exact) mass is 313 g/mol. The number of hydrogen-bond donors (Lipinski definition) is 0. The quantitative estimate of drug-likeness (QED) is 0.459. The Morgan fingerprint density at radius 2 is 2.00 bits per heavy atom. The number of aldehydes is 1. The van der Waals surface area contributed by atoms with Crippen LogP contribution in [0.5, 0.6) is 0 Å². The molecule has 0 bridgehead atoms. The van der Waals surface area contributed by atoms with Crippen LogP contribution in [0.15, 0.2) is 28.7 Å². The molecule has 0 amide bonds. The van der Waals surface area contributed by atoms with Crippen LogP contribution >= 0.6 is 15.9 Å². The highest BCUT2D eigenvalue weighted by Crippen LogP contribution is 2.37. The maximum atomic E-state index is 11.3. The molecule has 5 heteroatoms. The molecule has 0 radical (unpaired) electrons. The molecule has 0 N–H and O–H groups in total. The van der Waals surface area contributed by atoms with Crippen LogP contribution in [0.4, 0.5) is 0 Å². The first-order valence-corrected chi connectivity index (χ1v) is 6.56. The Bertz CT molecular complexity index is 432. The molecule has 0 spiro atoms. The van der Waals surface area contributed by atoms with Gasteiger partial charge in [0.2, 0.25) is 6.54 Å². The molecule has 0 fully saturated rings. The van der Waals surface area contributed by atoms with Crippen molar-refractivity contribution in [1.29, 1.82) is 0 Å². The van der Waals surface area contributed by atoms with Gasteiger partial charge in [-0.05, 0) is 24.1 Å². The van der Waals surface area contributed by atoms with Gasteiger partial charge in [0.15, 0.2) is 0 Å². The molecule has 0 saturated heterocycles. The minimum absolute atomic E-state index is 0.231. The number of rotatable bonds is 6. The van der Waals surface area contributed by atoms with Gasteiger partial charge in [0.25, 0.3) is 0 Å². The molecule has 0 saturated carbocycles. The van der Waals surface area contributed by atoms with Gasteiger partial charge in [-0.25, -0.2) is 0 Å². The fraction of sp³-hybridized carbons (Fsp3) is 0.462. The van der Waals surface area contributed by atoms with Crippen molar-refractivity contribution >= 4 is 22.2 Å². The van der Waals surface area contributed by atoms with Gasteiger partial charge in [0.05, 0.1) is 5.92 Å². The molecule has 0 aliphatic rings. The summed E-state index contributed by atoms with van der Waals surface area (Å²) in [4.78, 5) is 21.7. The van der Waals surface area contributed by atoms with Crippen LogP contribution in [0.25, 0.3) is 0 Å². The van der Waals surface area contributed by atoms with E-state index < -0.39 is 11.3 Å². The summed E-state index contributed by atoms with van der Waals surface area (Å²) < 4.78 is 0.912. The molecule has 98 valence electrons. The molecule has 1 aromatic rings. The minimum Gasteiger partial charge on any atom is -0.303 e. The van der Waals surface area contributed by atoms with Crippen LogP contribution in [0, 0.1) is 15.5 Å². The van der Waals surface area contributed by atoms with E-state index in [9.17, 15) is 14.9 Å². The molecule has 1 aromatic carbocycles. The largest absolute Gasteiger partial charge is 0.303 e. The van der Waals surface area contributed by atoms with Crippen molar-refractivity contribution in [2.24, 2.45) is 5.41 Å². The average molecular weight is 314 g/mol. The topological polar surface area (TPSA) is 60.2 Å². The summed E-state index contributed by atoms with van der Waals surface area (Å²) in [5, 5.41) is 10.8. The zero-order chi connectivity index (χ0) is 13.8. The minimum atomic E-state index is -0.707. The molecule has 0 aliphatic heterocycles. The summed E-state index contributed by atoms with van der Waals surface area (Å²) in [5.41, 5.74) is 0.118. The Morgan fingerprint density at radius 1 is 1.44 bits per heavy atom. The Balaban J connectivity index is 3.16. The predicted molar refractivity (Wildman–Crippen MR) is 73.2 cm³/mol. The molecule has 0 unspecified atom stereocenters. The molecular weight excluding hydrogens is 298 g/mol. The van der Waals surface area contributed by atoms with Gasteiger partial charge in [-0.3, -0.25) is 10.1 Å². The maximum absolute atomic E-state index is 11.3. The van der Waals surface area contributed by atoms with E-state index in [1.165, 1.54) is 0 Å². The summed E-state index contributed by atoms with van der Waals surface area (Å²) in [6.07, 6.45) is 1.41. The van der Waals surface area contributed by atoms with Crippen molar-refractivity contribution in [2.45, 2.75) is 26.2 Å². The van der Waals surface area contributed by atoms with Crippen molar-refractivity contribution in [3.05, 3.63) is 44.4 Å². The highest BCUT2D eigenvalue weighted by Gasteiger charge is 2.37. The summed E-state index contributed by atoms with van der Waals surface area (Å²) in [6, 6.07) is 7.33. The second-order valence-electron chi connectivity index (χ2n) is 4.60. The average Bonchev–Trinajstić information content (AvgIpc) is 2.36. The van der Waals surface area contributed by atoms with Crippen molar-refractivity contribution < 1.29 is 9.72 Å². The molecule has 2 atom stereocenters. The lowest BCUT2D eigenvalue weighted by Gasteiger charge is -2.29. The summed E-state index contributed by atoms with van der Waals surface area (Å²) in [6.45, 7) is 3.42. The van der Waals surface area contributed by atoms with E-state index in [0.717, 1.165) is 16.3 Å². The number of carbonyl (C=O) groups excluding carboxylic acids is 1. The van der Waals surface area contributed by atoms with Gasteiger partial charge in [-0.2, -0.15) is 0 Å². The molecule has 1 rings (SSSR count). The van der Waals surface area contributed by atoms with Crippen LogP contribution in [0.2, 0.25) is 0 Å². The zero-order valence-corrected chi connectivity index (χ0v) is 12.0. The Morgan fingerprint density at radius 3 is 2.39 bits per heavy atom. The van der Waals surface area contributed by atoms with E-state index in [1.807, 2.05) is 31.2 Å². The standard InChI is InChI=1S/C13H16BrNO3/c1-3-13(2,9-16)12(8-15(17)18)10-4-6-11(14)7-5-10/h4-7,9,12H,3,8H2,1-2H3/t12-,13+/m1/s1. The third kappa shape index (κ3) is 3.38. The van der Waals surface area contributed by atoms with Crippen LogP contribution in [0.3, 0.4) is 0 Å². The van der Waals surface area contributed by atoms with E-state index in [-0.39, 0.29) is 11.5 Å². The number of hydrogen-bond acceptors (Lipinski definition) is 3. The van der Waals surface area contributed by atoms with Crippen LogP contribution in [-0.4, -0.2) is 17.8 Å². The Labute approximate surface area is 115 Å². The first-order chi connectivity index (χ1) is 8.42. The van der Waals surface area contributed by atoms with Gasteiger partial charge >= 0.3 is 0 Å². The van der Waals surface area contributed by atoms with Crippen LogP contribution in [-0.2, 0) is 4.79 Å². The zero-order valence-electron chi connectivity index (χ0n) is 10.4. The van der Waals surface area contributed by atoms with E-state index >= 15 is 0 Å². The first-order valence-electron chi connectivity index (χ1n) is 5.76. The van der Waals surface area contributed by atoms with Crippen molar-refractivity contribution in [1.82, 2.24) is 0 Å². The lowest BCUT2D eigenvalue weighted by atomic mass is 9.72. The fourth-order valence-corrected chi connectivity index (χ4v) is 2.22. The second kappa shape index (κ2) is 6.09. The number of carbonyl (C=O) groups is 1. The summed E-state index contributed by atoms with van der Waals surface area (Å²) >= 11 is 3.33. The molecule has 0 aliphatic carbocycles. The number of halogens is 1. The molecule has 0 heterocycles. The van der Waals surface area contributed by atoms with Gasteiger partial charge in [0, 0.05) is 14.8 Å². The predicted octanol–water partition coefficient (Wildman–Crippen LogP) is 3.42. The second-order valence-corrected chi connectivity index (χ2v) is 5.51. The normalized spacial score (nSPS) is 15.7. The third-order valence-corrected chi connectivity index (χ3v) is 3.96. The van der Waals surface area contributed by atoms with E-state index in [2.05, 4.69) is 15.9 Å². The van der Waals surface area contributed by atoms with Crippen molar-refractivity contribution in [3.63, 3.8) is 0 Å². The molecular formula is C13H16BrNO3. The van der Waals surface area contributed by atoms with Gasteiger partial charge in [-0.15, -0.1) is 0 Å². The first kappa shape index (κ1) is 14.8. The van der Waals surface area contributed by atoms with Gasteiger partial charge in [0.1, 0.15) is 6.29 Å². The molecule has 4 nitrogen and oxygen atoms in total. The fourth-order valence-electron chi connectivity index (χ4n) is 1.95. The van der Waals surface area contributed by atoms with Crippen LogP contribution < -0.4 is 0 Å². The molecule has 0 aromatic heterocycles. The number of nitro groups is 1. The smallest absolute Gasteiger partial charge is 0.211 e. The lowest BCUT2D eigenvalue weighted by molar-refractivity contribution is -0.485. The van der Waals surface area contributed by atoms with Gasteiger partial charge < -0.3 is 4.79 Å². The number of benzene rings is 1. The highest BCUT2D eigenvalue weighted by atomic mass is 79.9.